The quantitative estimate of drug-likeness (QED) is 0.162. The van der Waals surface area contributed by atoms with Crippen LogP contribution in [0.1, 0.15) is 38.9 Å². The van der Waals surface area contributed by atoms with E-state index in [0.717, 1.165) is 50.1 Å². The highest BCUT2D eigenvalue weighted by Gasteiger charge is 2.38. The van der Waals surface area contributed by atoms with Gasteiger partial charge in [0.25, 0.3) is 0 Å². The molecule has 0 aliphatic heterocycles. The molecule has 8 aromatic carbocycles. The fourth-order valence-corrected chi connectivity index (χ4v) is 9.46. The van der Waals surface area contributed by atoms with E-state index in [9.17, 15) is 36.9 Å². The van der Waals surface area contributed by atoms with E-state index < -0.39 is 29.0 Å². The van der Waals surface area contributed by atoms with Gasteiger partial charge in [-0.3, -0.25) is 0 Å². The Morgan fingerprint density at radius 3 is 1.49 bits per heavy atom. The van der Waals surface area contributed by atoms with E-state index in [-0.39, 0.29) is 11.6 Å². The highest BCUT2D eigenvalue weighted by atomic mass is 19.4. The van der Waals surface area contributed by atoms with Gasteiger partial charge in [-0.1, -0.05) is 84.4 Å². The maximum absolute atomic E-state index is 14.5. The number of aryl methyl sites for hydroxylation is 3. The van der Waals surface area contributed by atoms with Gasteiger partial charge in [0.05, 0.1) is 67.8 Å². The number of benzene rings is 8. The maximum Gasteiger partial charge on any atom is 0.417 e. The second-order valence-corrected chi connectivity index (χ2v) is 16.4. The van der Waals surface area contributed by atoms with Crippen LogP contribution in [0.3, 0.4) is 0 Å². The lowest BCUT2D eigenvalue weighted by Crippen LogP contribution is -2.12. The standard InChI is InChI=1S/C55H34F6N4/c1-31-12-16-40(33(3)20-31)36-13-18-49-44(26-36)42-8-4-6-10-47(42)64(49)51-24-35(30-63)25-52(53(51)38-22-32(2)21-34(23-38)29-62)65-48-11-7-5-9-43(48)45-27-37(14-19-50(45)65)41-17-15-39(54(56,57)58)28-46(41)55(59,60)61/h4-28H,1-3H3. The van der Waals surface area contributed by atoms with Crippen LogP contribution in [0.5, 0.6) is 0 Å². The van der Waals surface area contributed by atoms with Gasteiger partial charge < -0.3 is 9.13 Å². The van der Waals surface area contributed by atoms with Crippen molar-refractivity contribution >= 4 is 43.6 Å². The summed E-state index contributed by atoms with van der Waals surface area (Å²) in [4.78, 5) is 0. The average Bonchev–Trinajstić information content (AvgIpc) is 3.79. The summed E-state index contributed by atoms with van der Waals surface area (Å²) in [5.41, 5.74) is 8.51. The number of hydrogen-bond donors (Lipinski definition) is 0. The predicted octanol–water partition coefficient (Wildman–Crippen LogP) is 15.6. The van der Waals surface area contributed by atoms with Gasteiger partial charge in [0, 0.05) is 27.1 Å². The van der Waals surface area contributed by atoms with Crippen LogP contribution in [-0.4, -0.2) is 9.13 Å². The summed E-state index contributed by atoms with van der Waals surface area (Å²) in [7, 11) is 0. The minimum absolute atomic E-state index is 0.0796. The van der Waals surface area contributed by atoms with Crippen molar-refractivity contribution in [1.82, 2.24) is 9.13 Å². The first kappa shape index (κ1) is 41.0. The summed E-state index contributed by atoms with van der Waals surface area (Å²) in [6, 6.07) is 48.4. The van der Waals surface area contributed by atoms with Crippen molar-refractivity contribution in [2.75, 3.05) is 0 Å². The van der Waals surface area contributed by atoms with E-state index >= 15 is 0 Å². The number of rotatable bonds is 5. The van der Waals surface area contributed by atoms with Crippen molar-refractivity contribution in [3.05, 3.63) is 191 Å². The fraction of sp³-hybridized carbons (Fsp3) is 0.0909. The third-order valence-electron chi connectivity index (χ3n) is 12.2. The molecule has 0 radical (unpaired) electrons. The smallest absolute Gasteiger partial charge is 0.308 e. The third kappa shape index (κ3) is 6.86. The molecule has 10 rings (SSSR count). The van der Waals surface area contributed by atoms with Crippen LogP contribution in [0.15, 0.2) is 152 Å². The molecule has 0 atom stereocenters. The second kappa shape index (κ2) is 15.0. The van der Waals surface area contributed by atoms with Crippen LogP contribution in [0.25, 0.3) is 88.4 Å². The first-order valence-electron chi connectivity index (χ1n) is 20.7. The third-order valence-corrected chi connectivity index (χ3v) is 12.2. The normalized spacial score (nSPS) is 12.0. The van der Waals surface area contributed by atoms with Crippen LogP contribution < -0.4 is 0 Å². The lowest BCUT2D eigenvalue weighted by Gasteiger charge is -2.21. The molecular weight excluding hydrogens is 831 g/mol. The molecule has 0 unspecified atom stereocenters. The van der Waals surface area contributed by atoms with Crippen molar-refractivity contribution in [2.24, 2.45) is 0 Å². The molecule has 0 spiro atoms. The Kier molecular flexibility index (Phi) is 9.47. The Balaban J connectivity index is 1.30. The van der Waals surface area contributed by atoms with E-state index in [1.165, 1.54) is 11.6 Å². The summed E-state index contributed by atoms with van der Waals surface area (Å²) in [6.07, 6.45) is -10.1. The average molecular weight is 865 g/mol. The maximum atomic E-state index is 14.5. The first-order chi connectivity index (χ1) is 31.1. The lowest BCUT2D eigenvalue weighted by atomic mass is 9.95. The van der Waals surface area contributed by atoms with Gasteiger partial charge in [-0.15, -0.1) is 0 Å². The fourth-order valence-electron chi connectivity index (χ4n) is 9.46. The van der Waals surface area contributed by atoms with Gasteiger partial charge >= 0.3 is 12.4 Å². The van der Waals surface area contributed by atoms with Gasteiger partial charge in [-0.05, 0) is 133 Å². The van der Waals surface area contributed by atoms with E-state index in [0.29, 0.717) is 61.5 Å². The zero-order valence-corrected chi connectivity index (χ0v) is 35.0. The monoisotopic (exact) mass is 864 g/mol. The molecule has 0 aliphatic rings. The largest absolute Gasteiger partial charge is 0.417 e. The molecule has 0 fully saturated rings. The van der Waals surface area contributed by atoms with Crippen LogP contribution in [0.4, 0.5) is 26.3 Å². The van der Waals surface area contributed by atoms with Crippen LogP contribution in [0.2, 0.25) is 0 Å². The van der Waals surface area contributed by atoms with Gasteiger partial charge in [0.2, 0.25) is 0 Å². The van der Waals surface area contributed by atoms with E-state index in [1.807, 2.05) is 66.1 Å². The molecule has 10 heteroatoms. The Bertz CT molecular complexity index is 3700. The summed E-state index contributed by atoms with van der Waals surface area (Å²) >= 11 is 0. The zero-order valence-electron chi connectivity index (χ0n) is 35.0. The molecule has 4 nitrogen and oxygen atoms in total. The first-order valence-corrected chi connectivity index (χ1v) is 20.7. The number of halogens is 6. The van der Waals surface area contributed by atoms with Crippen molar-refractivity contribution in [3.63, 3.8) is 0 Å². The molecule has 0 saturated carbocycles. The number of alkyl halides is 6. The molecule has 0 N–H and O–H groups in total. The molecule has 2 heterocycles. The molecular formula is C55H34F6N4. The molecule has 0 amide bonds. The zero-order chi connectivity index (χ0) is 45.5. The lowest BCUT2D eigenvalue weighted by molar-refractivity contribution is -0.142. The number of para-hydroxylation sites is 2. The van der Waals surface area contributed by atoms with E-state index in [4.69, 9.17) is 0 Å². The number of nitriles is 2. The van der Waals surface area contributed by atoms with Crippen molar-refractivity contribution in [3.8, 4) is 56.9 Å². The Labute approximate surface area is 369 Å². The predicted molar refractivity (Wildman–Crippen MR) is 245 cm³/mol. The molecule has 10 aromatic rings. The molecule has 0 aliphatic carbocycles. The topological polar surface area (TPSA) is 57.4 Å². The van der Waals surface area contributed by atoms with Gasteiger partial charge in [0.15, 0.2) is 0 Å². The Morgan fingerprint density at radius 2 is 0.954 bits per heavy atom. The summed E-state index contributed by atoms with van der Waals surface area (Å²) < 4.78 is 88.7. The highest BCUT2D eigenvalue weighted by Crippen LogP contribution is 2.46. The molecule has 316 valence electrons. The van der Waals surface area contributed by atoms with Crippen LogP contribution >= 0.6 is 0 Å². The van der Waals surface area contributed by atoms with Gasteiger partial charge in [0.1, 0.15) is 0 Å². The van der Waals surface area contributed by atoms with Gasteiger partial charge in [-0.2, -0.15) is 36.9 Å². The minimum atomic E-state index is -5.08. The van der Waals surface area contributed by atoms with Crippen molar-refractivity contribution in [1.29, 1.82) is 10.5 Å². The SMILES string of the molecule is Cc1cc(C#N)cc(-c2c(-n3c4ccccc4c4cc(-c5ccc(C)cc5C)ccc43)cc(C#N)cc2-n2c3ccccc3c3cc(-c4ccc(C(F)(F)F)cc4C(F)(F)F)ccc32)c1. The minimum Gasteiger partial charge on any atom is -0.308 e. The summed E-state index contributed by atoms with van der Waals surface area (Å²) in [5.74, 6) is 0. The number of hydrogen-bond acceptors (Lipinski definition) is 2. The molecule has 2 aromatic heterocycles. The van der Waals surface area contributed by atoms with E-state index in [1.54, 1.807) is 30.3 Å². The van der Waals surface area contributed by atoms with Gasteiger partial charge in [-0.25, -0.2) is 0 Å². The van der Waals surface area contributed by atoms with Crippen LogP contribution in [0, 0.1) is 43.4 Å². The molecule has 0 saturated heterocycles. The summed E-state index contributed by atoms with van der Waals surface area (Å²) in [6.45, 7) is 6.06. The Hall–Kier alpha value is -8.08. The number of nitrogens with zero attached hydrogens (tertiary/aromatic N) is 4. The van der Waals surface area contributed by atoms with E-state index in [2.05, 4.69) is 73.0 Å². The molecule has 65 heavy (non-hydrogen) atoms. The van der Waals surface area contributed by atoms with Crippen LogP contribution in [-0.2, 0) is 12.4 Å². The highest BCUT2D eigenvalue weighted by molar-refractivity contribution is 6.13. The molecule has 0 bridgehead atoms. The summed E-state index contributed by atoms with van der Waals surface area (Å²) in [5, 5.41) is 24.2. The number of aromatic nitrogens is 2. The second-order valence-electron chi connectivity index (χ2n) is 16.4. The van der Waals surface area contributed by atoms with Crippen molar-refractivity contribution < 1.29 is 26.3 Å². The number of fused-ring (bicyclic) bond motifs is 6. The Morgan fingerprint density at radius 1 is 0.431 bits per heavy atom. The van der Waals surface area contributed by atoms with Crippen molar-refractivity contribution in [2.45, 2.75) is 33.1 Å².